The molecule has 1 fully saturated rings. The van der Waals surface area contributed by atoms with E-state index in [9.17, 15) is 14.7 Å². The highest BCUT2D eigenvalue weighted by Crippen LogP contribution is 2.21. The van der Waals surface area contributed by atoms with Crippen LogP contribution in [0.1, 0.15) is 30.1 Å². The molecule has 0 spiro atoms. The fraction of sp³-hybridized carbons (Fsp3) is 0.385. The van der Waals surface area contributed by atoms with Crippen LogP contribution in [0.3, 0.4) is 0 Å². The summed E-state index contributed by atoms with van der Waals surface area (Å²) in [6.45, 7) is 1.62. The van der Waals surface area contributed by atoms with Crippen LogP contribution in [0, 0.1) is 0 Å². The summed E-state index contributed by atoms with van der Waals surface area (Å²) in [6, 6.07) is 3.85. The smallest absolute Gasteiger partial charge is 0.252 e. The van der Waals surface area contributed by atoms with E-state index >= 15 is 0 Å². The molecule has 0 aromatic heterocycles. The number of nitrogen functional groups attached to an aromatic ring is 1. The van der Waals surface area contributed by atoms with Crippen molar-refractivity contribution in [2.24, 2.45) is 0 Å². The second kappa shape index (κ2) is 5.17. The molecule has 1 saturated carbocycles. The largest absolute Gasteiger partial charge is 0.506 e. The molecule has 0 radical (unpaired) electrons. The van der Waals surface area contributed by atoms with Crippen molar-refractivity contribution in [3.63, 3.8) is 0 Å². The monoisotopic (exact) mass is 263 g/mol. The zero-order valence-corrected chi connectivity index (χ0v) is 10.6. The third-order valence-electron chi connectivity index (χ3n) is 2.96. The molecular weight excluding hydrogens is 246 g/mol. The molecular formula is C13H17N3O3. The second-order valence-corrected chi connectivity index (χ2v) is 4.75. The summed E-state index contributed by atoms with van der Waals surface area (Å²) in [5.41, 5.74) is 5.92. The zero-order valence-electron chi connectivity index (χ0n) is 10.6. The minimum Gasteiger partial charge on any atom is -0.506 e. The lowest BCUT2D eigenvalue weighted by Gasteiger charge is -2.14. The van der Waals surface area contributed by atoms with E-state index in [1.807, 2.05) is 0 Å². The number of nitrogens with two attached hydrogens (primary N) is 1. The van der Waals surface area contributed by atoms with E-state index in [2.05, 4.69) is 10.6 Å². The first kappa shape index (κ1) is 13.2. The number of hydrogen-bond acceptors (Lipinski definition) is 4. The Morgan fingerprint density at radius 2 is 2.11 bits per heavy atom. The van der Waals surface area contributed by atoms with Crippen LogP contribution < -0.4 is 16.4 Å². The molecule has 2 amide bonds. The molecule has 0 bridgehead atoms. The Hall–Kier alpha value is -2.24. The average Bonchev–Trinajstić information content (AvgIpc) is 3.16. The topological polar surface area (TPSA) is 104 Å². The quantitative estimate of drug-likeness (QED) is 0.465. The molecule has 0 heterocycles. The molecule has 1 unspecified atom stereocenters. The predicted octanol–water partition coefficient (Wildman–Crippen LogP) is 0.371. The van der Waals surface area contributed by atoms with E-state index in [-0.39, 0.29) is 28.9 Å². The average molecular weight is 263 g/mol. The minimum absolute atomic E-state index is 0.150. The number of anilines is 1. The van der Waals surface area contributed by atoms with Crippen LogP contribution in [0.5, 0.6) is 5.75 Å². The number of amides is 2. The lowest BCUT2D eigenvalue weighted by Crippen LogP contribution is -2.45. The van der Waals surface area contributed by atoms with E-state index < -0.39 is 11.9 Å². The Morgan fingerprint density at radius 1 is 1.42 bits per heavy atom. The van der Waals surface area contributed by atoms with Crippen molar-refractivity contribution in [1.82, 2.24) is 10.6 Å². The van der Waals surface area contributed by atoms with Gasteiger partial charge in [0.2, 0.25) is 5.91 Å². The molecule has 1 aliphatic carbocycles. The van der Waals surface area contributed by atoms with Gasteiger partial charge in [-0.05, 0) is 38.0 Å². The highest BCUT2D eigenvalue weighted by molar-refractivity contribution is 5.98. The van der Waals surface area contributed by atoms with Crippen LogP contribution in [0.25, 0.3) is 0 Å². The summed E-state index contributed by atoms with van der Waals surface area (Å²) in [4.78, 5) is 23.6. The van der Waals surface area contributed by atoms with Crippen LogP contribution in [-0.2, 0) is 4.79 Å². The number of carbonyl (C=O) groups excluding carboxylic acids is 2. The molecule has 1 aliphatic rings. The third kappa shape index (κ3) is 3.37. The molecule has 5 N–H and O–H groups in total. The van der Waals surface area contributed by atoms with Gasteiger partial charge in [-0.25, -0.2) is 0 Å². The van der Waals surface area contributed by atoms with Crippen LogP contribution in [0.2, 0.25) is 0 Å². The van der Waals surface area contributed by atoms with Crippen molar-refractivity contribution in [2.45, 2.75) is 31.8 Å². The number of rotatable bonds is 4. The number of carbonyl (C=O) groups is 2. The molecule has 0 saturated heterocycles. The lowest BCUT2D eigenvalue weighted by molar-refractivity contribution is -0.122. The summed E-state index contributed by atoms with van der Waals surface area (Å²) >= 11 is 0. The maximum atomic E-state index is 11.9. The van der Waals surface area contributed by atoms with Gasteiger partial charge < -0.3 is 21.5 Å². The molecule has 19 heavy (non-hydrogen) atoms. The highest BCUT2D eigenvalue weighted by atomic mass is 16.3. The van der Waals surface area contributed by atoms with E-state index in [0.29, 0.717) is 0 Å². The summed E-state index contributed by atoms with van der Waals surface area (Å²) in [6.07, 6.45) is 2.00. The summed E-state index contributed by atoms with van der Waals surface area (Å²) < 4.78 is 0. The summed E-state index contributed by atoms with van der Waals surface area (Å²) in [7, 11) is 0. The van der Waals surface area contributed by atoms with Crippen molar-refractivity contribution in [2.75, 3.05) is 5.73 Å². The summed E-state index contributed by atoms with van der Waals surface area (Å²) in [5.74, 6) is -0.771. The molecule has 0 aliphatic heterocycles. The number of hydrogen-bond donors (Lipinski definition) is 4. The first-order valence-electron chi connectivity index (χ1n) is 6.17. The van der Waals surface area contributed by atoms with E-state index in [1.54, 1.807) is 6.92 Å². The fourth-order valence-electron chi connectivity index (χ4n) is 1.58. The van der Waals surface area contributed by atoms with E-state index in [1.165, 1.54) is 18.2 Å². The first-order valence-corrected chi connectivity index (χ1v) is 6.17. The summed E-state index contributed by atoms with van der Waals surface area (Å²) in [5, 5.41) is 14.8. The fourth-order valence-corrected chi connectivity index (χ4v) is 1.58. The Kier molecular flexibility index (Phi) is 3.59. The number of phenols is 1. The number of benzene rings is 1. The van der Waals surface area contributed by atoms with Crippen molar-refractivity contribution >= 4 is 17.5 Å². The van der Waals surface area contributed by atoms with Gasteiger partial charge in [-0.2, -0.15) is 0 Å². The Bertz CT molecular complexity index is 512. The minimum atomic E-state index is -0.618. The normalized spacial score (nSPS) is 15.6. The van der Waals surface area contributed by atoms with E-state index in [4.69, 9.17) is 5.73 Å². The van der Waals surface area contributed by atoms with Crippen LogP contribution in [0.15, 0.2) is 18.2 Å². The molecule has 6 heteroatoms. The molecule has 6 nitrogen and oxygen atoms in total. The van der Waals surface area contributed by atoms with Gasteiger partial charge in [0.05, 0.1) is 5.69 Å². The maximum Gasteiger partial charge on any atom is 0.252 e. The molecule has 102 valence electrons. The maximum absolute atomic E-state index is 11.9. The van der Waals surface area contributed by atoms with Crippen molar-refractivity contribution < 1.29 is 14.7 Å². The Labute approximate surface area is 111 Å². The standard InChI is InChI=1S/C13H17N3O3/c1-7(12(18)16-9-3-4-9)15-13(19)8-2-5-10(14)11(17)6-8/h2,5-7,9,17H,3-4,14H2,1H3,(H,15,19)(H,16,18). The van der Waals surface area contributed by atoms with Gasteiger partial charge in [-0.3, -0.25) is 9.59 Å². The van der Waals surface area contributed by atoms with Gasteiger partial charge in [-0.15, -0.1) is 0 Å². The Morgan fingerprint density at radius 3 is 2.68 bits per heavy atom. The number of phenolic OH excluding ortho intramolecular Hbond substituents is 1. The number of aromatic hydroxyl groups is 1. The Balaban J connectivity index is 1.95. The third-order valence-corrected chi connectivity index (χ3v) is 2.96. The van der Waals surface area contributed by atoms with Gasteiger partial charge in [0.25, 0.3) is 5.91 Å². The van der Waals surface area contributed by atoms with Crippen LogP contribution >= 0.6 is 0 Å². The van der Waals surface area contributed by atoms with Crippen molar-refractivity contribution in [3.05, 3.63) is 23.8 Å². The van der Waals surface area contributed by atoms with Crippen LogP contribution in [-0.4, -0.2) is 29.0 Å². The SMILES string of the molecule is CC(NC(=O)c1ccc(N)c(O)c1)C(=O)NC1CC1. The van der Waals surface area contributed by atoms with Crippen LogP contribution in [0.4, 0.5) is 5.69 Å². The molecule has 1 aromatic rings. The van der Waals surface area contributed by atoms with Gasteiger partial charge in [0.1, 0.15) is 11.8 Å². The molecule has 1 atom stereocenters. The second-order valence-electron chi connectivity index (χ2n) is 4.75. The van der Waals surface area contributed by atoms with Gasteiger partial charge in [0.15, 0.2) is 0 Å². The van der Waals surface area contributed by atoms with E-state index in [0.717, 1.165) is 12.8 Å². The first-order chi connectivity index (χ1) is 8.97. The predicted molar refractivity (Wildman–Crippen MR) is 70.6 cm³/mol. The number of nitrogens with one attached hydrogen (secondary N) is 2. The van der Waals surface area contributed by atoms with Gasteiger partial charge in [0, 0.05) is 11.6 Å². The van der Waals surface area contributed by atoms with Crippen molar-refractivity contribution in [3.8, 4) is 5.75 Å². The molecule has 1 aromatic carbocycles. The van der Waals surface area contributed by atoms with Crippen molar-refractivity contribution in [1.29, 1.82) is 0 Å². The van der Waals surface area contributed by atoms with Gasteiger partial charge in [-0.1, -0.05) is 0 Å². The lowest BCUT2D eigenvalue weighted by atomic mass is 10.1. The highest BCUT2D eigenvalue weighted by Gasteiger charge is 2.26. The zero-order chi connectivity index (χ0) is 14.0. The van der Waals surface area contributed by atoms with Gasteiger partial charge >= 0.3 is 0 Å². The molecule has 2 rings (SSSR count).